The van der Waals surface area contributed by atoms with E-state index in [2.05, 4.69) is 15.0 Å². The molecule has 0 atom stereocenters. The molecule has 3 aromatic rings. The SMILES string of the molecule is CN(C)S(=O)(=O)C[C@H]1CC[C@H](c2ncn3cnc4[nH]ccc4c23)CC1. The van der Waals surface area contributed by atoms with Gasteiger partial charge >= 0.3 is 0 Å². The van der Waals surface area contributed by atoms with Crippen LogP contribution >= 0.6 is 0 Å². The van der Waals surface area contributed by atoms with E-state index in [1.165, 1.54) is 4.31 Å². The number of aromatic amines is 1. The molecule has 3 aromatic heterocycles. The molecule has 0 aromatic carbocycles. The predicted octanol–water partition coefficient (Wildman–Crippen LogP) is 2.38. The second kappa shape index (κ2) is 6.10. The molecule has 1 aliphatic rings. The summed E-state index contributed by atoms with van der Waals surface area (Å²) in [7, 11) is 0.0872. The molecule has 0 bridgehead atoms. The van der Waals surface area contributed by atoms with Crippen molar-refractivity contribution in [1.82, 2.24) is 23.7 Å². The molecule has 7 nitrogen and oxygen atoms in total. The Morgan fingerprint density at radius 2 is 1.92 bits per heavy atom. The molecule has 0 aliphatic heterocycles. The van der Waals surface area contributed by atoms with Crippen LogP contribution in [0.25, 0.3) is 16.6 Å². The van der Waals surface area contributed by atoms with E-state index in [0.717, 1.165) is 47.9 Å². The van der Waals surface area contributed by atoms with Crippen LogP contribution in [0.4, 0.5) is 0 Å². The molecular weight excluding hydrogens is 338 g/mol. The van der Waals surface area contributed by atoms with Gasteiger partial charge in [0.25, 0.3) is 0 Å². The van der Waals surface area contributed by atoms with E-state index in [1.54, 1.807) is 20.4 Å². The average molecular weight is 361 g/mol. The Morgan fingerprint density at radius 1 is 1.20 bits per heavy atom. The predicted molar refractivity (Wildman–Crippen MR) is 97.0 cm³/mol. The Kier molecular flexibility index (Phi) is 4.04. The molecule has 1 aliphatic carbocycles. The van der Waals surface area contributed by atoms with Gasteiger partial charge in [0.15, 0.2) is 0 Å². The van der Waals surface area contributed by atoms with E-state index in [1.807, 2.05) is 23.0 Å². The minimum atomic E-state index is -3.12. The van der Waals surface area contributed by atoms with Crippen molar-refractivity contribution in [3.8, 4) is 0 Å². The molecule has 25 heavy (non-hydrogen) atoms. The van der Waals surface area contributed by atoms with Gasteiger partial charge in [-0.05, 0) is 37.7 Å². The van der Waals surface area contributed by atoms with Crippen molar-refractivity contribution in [1.29, 1.82) is 0 Å². The highest BCUT2D eigenvalue weighted by Crippen LogP contribution is 2.38. The fraction of sp³-hybridized carbons (Fsp3) is 0.529. The summed E-state index contributed by atoms with van der Waals surface area (Å²) in [5, 5.41) is 1.09. The number of nitrogens with zero attached hydrogens (tertiary/aromatic N) is 4. The highest BCUT2D eigenvalue weighted by Gasteiger charge is 2.29. The summed E-state index contributed by atoms with van der Waals surface area (Å²) in [6.45, 7) is 0. The van der Waals surface area contributed by atoms with Crippen LogP contribution in [0.3, 0.4) is 0 Å². The van der Waals surface area contributed by atoms with Crippen molar-refractivity contribution < 1.29 is 8.42 Å². The topological polar surface area (TPSA) is 83.4 Å². The van der Waals surface area contributed by atoms with Crippen molar-refractivity contribution in [2.75, 3.05) is 19.8 Å². The minimum absolute atomic E-state index is 0.242. The van der Waals surface area contributed by atoms with Gasteiger partial charge in [-0.2, -0.15) is 0 Å². The second-order valence-corrected chi connectivity index (χ2v) is 9.38. The number of hydrogen-bond donors (Lipinski definition) is 1. The highest BCUT2D eigenvalue weighted by molar-refractivity contribution is 7.89. The molecule has 8 heteroatoms. The van der Waals surface area contributed by atoms with Gasteiger partial charge in [0.1, 0.15) is 18.3 Å². The van der Waals surface area contributed by atoms with Crippen LogP contribution < -0.4 is 0 Å². The van der Waals surface area contributed by atoms with Gasteiger partial charge in [-0.25, -0.2) is 22.7 Å². The summed E-state index contributed by atoms with van der Waals surface area (Å²) in [5.74, 6) is 0.873. The Bertz CT molecular complexity index is 997. The fourth-order valence-corrected chi connectivity index (χ4v) is 5.09. The first-order chi connectivity index (χ1) is 12.0. The molecule has 0 amide bonds. The third-order valence-corrected chi connectivity index (χ3v) is 7.36. The second-order valence-electron chi connectivity index (χ2n) is 7.15. The van der Waals surface area contributed by atoms with Gasteiger partial charge < -0.3 is 4.98 Å². The molecule has 134 valence electrons. The van der Waals surface area contributed by atoms with Crippen LogP contribution in [0, 0.1) is 5.92 Å². The Labute approximate surface area is 147 Å². The number of imidazole rings is 1. The lowest BCUT2D eigenvalue weighted by Crippen LogP contribution is -2.30. The molecule has 3 heterocycles. The molecule has 0 spiro atoms. The van der Waals surface area contributed by atoms with Crippen molar-refractivity contribution in [3.05, 3.63) is 30.6 Å². The molecule has 4 rings (SSSR count). The number of rotatable bonds is 4. The van der Waals surface area contributed by atoms with E-state index in [0.29, 0.717) is 5.92 Å². The monoisotopic (exact) mass is 361 g/mol. The quantitative estimate of drug-likeness (QED) is 0.773. The molecule has 1 saturated carbocycles. The zero-order valence-corrected chi connectivity index (χ0v) is 15.3. The Balaban J connectivity index is 1.55. The first kappa shape index (κ1) is 16.5. The smallest absolute Gasteiger partial charge is 0.213 e. The van der Waals surface area contributed by atoms with Crippen LogP contribution in [0.2, 0.25) is 0 Å². The molecule has 0 unspecified atom stereocenters. The first-order valence-corrected chi connectivity index (χ1v) is 10.3. The lowest BCUT2D eigenvalue weighted by molar-refractivity contribution is 0.343. The van der Waals surface area contributed by atoms with E-state index in [9.17, 15) is 8.42 Å². The zero-order valence-electron chi connectivity index (χ0n) is 14.5. The first-order valence-electron chi connectivity index (χ1n) is 8.64. The minimum Gasteiger partial charge on any atom is -0.346 e. The van der Waals surface area contributed by atoms with Crippen molar-refractivity contribution in [3.63, 3.8) is 0 Å². The average Bonchev–Trinajstić information content (AvgIpc) is 3.21. The number of nitrogens with one attached hydrogen (secondary N) is 1. The van der Waals surface area contributed by atoms with E-state index in [-0.39, 0.29) is 11.7 Å². The normalized spacial score (nSPS) is 22.2. The number of H-pyrrole nitrogens is 1. The largest absolute Gasteiger partial charge is 0.346 e. The molecule has 1 fully saturated rings. The van der Waals surface area contributed by atoms with E-state index in [4.69, 9.17) is 0 Å². The maximum absolute atomic E-state index is 12.1. The van der Waals surface area contributed by atoms with Crippen molar-refractivity contribution in [2.45, 2.75) is 31.6 Å². The maximum atomic E-state index is 12.1. The van der Waals surface area contributed by atoms with Gasteiger partial charge in [0.05, 0.1) is 17.0 Å². The summed E-state index contributed by atoms with van der Waals surface area (Å²) < 4.78 is 27.5. The Morgan fingerprint density at radius 3 is 2.64 bits per heavy atom. The third-order valence-electron chi connectivity index (χ3n) is 5.35. The summed E-state index contributed by atoms with van der Waals surface area (Å²) >= 11 is 0. The summed E-state index contributed by atoms with van der Waals surface area (Å²) in [5.41, 5.74) is 3.11. The molecule has 1 N–H and O–H groups in total. The lowest BCUT2D eigenvalue weighted by Gasteiger charge is -2.28. The van der Waals surface area contributed by atoms with Crippen LogP contribution in [0.1, 0.15) is 37.3 Å². The van der Waals surface area contributed by atoms with Crippen molar-refractivity contribution in [2.24, 2.45) is 5.92 Å². The molecular formula is C17H23N5O2S. The number of fused-ring (bicyclic) bond motifs is 3. The summed E-state index contributed by atoms with van der Waals surface area (Å²) in [6.07, 6.45) is 9.34. The van der Waals surface area contributed by atoms with Crippen molar-refractivity contribution >= 4 is 26.6 Å². The molecule has 0 radical (unpaired) electrons. The fourth-order valence-electron chi connectivity index (χ4n) is 3.87. The van der Waals surface area contributed by atoms with Gasteiger partial charge in [-0.1, -0.05) is 0 Å². The van der Waals surface area contributed by atoms with Crippen LogP contribution in [-0.4, -0.2) is 51.9 Å². The summed E-state index contributed by atoms with van der Waals surface area (Å²) in [4.78, 5) is 12.2. The third kappa shape index (κ3) is 2.93. The van der Waals surface area contributed by atoms with Gasteiger partial charge in [-0.3, -0.25) is 4.40 Å². The van der Waals surface area contributed by atoms with Gasteiger partial charge in [0, 0.05) is 31.6 Å². The number of sulfonamides is 1. The van der Waals surface area contributed by atoms with Gasteiger partial charge in [-0.15, -0.1) is 0 Å². The van der Waals surface area contributed by atoms with Crippen LogP contribution in [0.5, 0.6) is 0 Å². The van der Waals surface area contributed by atoms with Crippen LogP contribution in [-0.2, 0) is 10.0 Å². The Hall–Kier alpha value is -1.93. The van der Waals surface area contributed by atoms with E-state index < -0.39 is 10.0 Å². The summed E-state index contributed by atoms with van der Waals surface area (Å²) in [6, 6.07) is 2.04. The standard InChI is InChI=1S/C17H23N5O2S/c1-21(2)25(23,24)9-12-3-5-13(6-4-12)15-16-14-7-8-18-17(14)20-11-22(16)10-19-15/h7-8,10-13,18H,3-6,9H2,1-2H3/t12-,13-. The molecule has 0 saturated heterocycles. The lowest BCUT2D eigenvalue weighted by atomic mass is 9.81. The van der Waals surface area contributed by atoms with Gasteiger partial charge in [0.2, 0.25) is 10.0 Å². The van der Waals surface area contributed by atoms with Crippen LogP contribution in [0.15, 0.2) is 24.9 Å². The maximum Gasteiger partial charge on any atom is 0.213 e. The zero-order chi connectivity index (χ0) is 17.6. The highest BCUT2D eigenvalue weighted by atomic mass is 32.2. The number of hydrogen-bond acceptors (Lipinski definition) is 4. The number of aromatic nitrogens is 4. The van der Waals surface area contributed by atoms with E-state index >= 15 is 0 Å².